The summed E-state index contributed by atoms with van der Waals surface area (Å²) in [4.78, 5) is 0. The van der Waals surface area contributed by atoms with Crippen molar-refractivity contribution >= 4 is 31.9 Å². The molecule has 2 aromatic rings. The van der Waals surface area contributed by atoms with Gasteiger partial charge in [-0.25, -0.2) is 0 Å². The number of halogens is 2. The molecule has 1 aromatic heterocycles. The summed E-state index contributed by atoms with van der Waals surface area (Å²) in [7, 11) is 0. The summed E-state index contributed by atoms with van der Waals surface area (Å²) in [5.41, 5.74) is 5.05. The van der Waals surface area contributed by atoms with E-state index in [1.54, 1.807) is 0 Å². The van der Waals surface area contributed by atoms with Crippen LogP contribution < -0.4 is 0 Å². The molecule has 0 aliphatic rings. The molecule has 0 spiro atoms. The fourth-order valence-corrected chi connectivity index (χ4v) is 3.53. The van der Waals surface area contributed by atoms with Gasteiger partial charge in [0.25, 0.3) is 0 Å². The quantitative estimate of drug-likeness (QED) is 0.646. The Morgan fingerprint density at radius 2 is 2.05 bits per heavy atom. The molecule has 1 heterocycles. The molecule has 20 heavy (non-hydrogen) atoms. The molecule has 0 bridgehead atoms. The monoisotopic (exact) mass is 398 g/mol. The molecular weight excluding hydrogens is 380 g/mol. The zero-order chi connectivity index (χ0) is 14.7. The van der Waals surface area contributed by atoms with Crippen LogP contribution in [0.4, 0.5) is 0 Å². The lowest BCUT2D eigenvalue weighted by molar-refractivity contribution is 0.596. The number of alkyl halides is 1. The van der Waals surface area contributed by atoms with Crippen molar-refractivity contribution in [2.75, 3.05) is 5.33 Å². The number of aromatic nitrogens is 2. The smallest absolute Gasteiger partial charge is 0.0738 e. The predicted octanol–water partition coefficient (Wildman–Crippen LogP) is 5.00. The van der Waals surface area contributed by atoms with E-state index in [0.29, 0.717) is 5.92 Å². The molecule has 0 saturated carbocycles. The average Bonchev–Trinajstić information content (AvgIpc) is 2.71. The fraction of sp³-hybridized carbons (Fsp3) is 0.438. The Hall–Kier alpha value is -0.610. The Balaban J connectivity index is 2.31. The van der Waals surface area contributed by atoms with E-state index < -0.39 is 0 Å². The van der Waals surface area contributed by atoms with Gasteiger partial charge in [-0.1, -0.05) is 45.8 Å². The molecule has 0 N–H and O–H groups in total. The maximum Gasteiger partial charge on any atom is 0.0738 e. The van der Waals surface area contributed by atoms with E-state index in [0.717, 1.165) is 28.5 Å². The van der Waals surface area contributed by atoms with Crippen LogP contribution in [-0.2, 0) is 13.0 Å². The molecule has 0 saturated heterocycles. The minimum atomic E-state index is 0.465. The molecule has 4 heteroatoms. The van der Waals surface area contributed by atoms with Crippen LogP contribution in [0.15, 0.2) is 28.7 Å². The standard InChI is InChI=1S/C16H20Br2N2/c1-4-20-15(16(18)12(3)19-20)9-14(10-17)13-7-5-6-11(2)8-13/h5-8,14H,4,9-10H2,1-3H3. The van der Waals surface area contributed by atoms with E-state index in [1.165, 1.54) is 16.8 Å². The topological polar surface area (TPSA) is 17.8 Å². The third-order valence-corrected chi connectivity index (χ3v) is 5.41. The minimum Gasteiger partial charge on any atom is -0.268 e. The van der Waals surface area contributed by atoms with E-state index in [1.807, 2.05) is 0 Å². The van der Waals surface area contributed by atoms with Crippen molar-refractivity contribution in [2.45, 2.75) is 39.7 Å². The molecular formula is C16H20Br2N2. The Labute approximate surface area is 137 Å². The molecule has 0 aliphatic heterocycles. The third-order valence-electron chi connectivity index (χ3n) is 3.59. The van der Waals surface area contributed by atoms with E-state index >= 15 is 0 Å². The summed E-state index contributed by atoms with van der Waals surface area (Å²) in [6, 6.07) is 8.77. The van der Waals surface area contributed by atoms with Gasteiger partial charge in [0, 0.05) is 11.9 Å². The number of hydrogen-bond donors (Lipinski definition) is 0. The van der Waals surface area contributed by atoms with Crippen LogP contribution in [0.2, 0.25) is 0 Å². The Kier molecular flexibility index (Phi) is 5.44. The molecule has 2 nitrogen and oxygen atoms in total. The molecule has 1 aromatic carbocycles. The Morgan fingerprint density at radius 1 is 1.30 bits per heavy atom. The second kappa shape index (κ2) is 6.90. The average molecular weight is 400 g/mol. The molecule has 2 rings (SSSR count). The number of nitrogens with zero attached hydrogens (tertiary/aromatic N) is 2. The van der Waals surface area contributed by atoms with Gasteiger partial charge < -0.3 is 0 Å². The first-order valence-electron chi connectivity index (χ1n) is 6.91. The summed E-state index contributed by atoms with van der Waals surface area (Å²) >= 11 is 7.36. The van der Waals surface area contributed by atoms with Gasteiger partial charge in [-0.15, -0.1) is 0 Å². The van der Waals surface area contributed by atoms with Crippen molar-refractivity contribution in [3.63, 3.8) is 0 Å². The number of rotatable bonds is 5. The van der Waals surface area contributed by atoms with Gasteiger partial charge in [0.2, 0.25) is 0 Å². The molecule has 1 atom stereocenters. The molecule has 0 amide bonds. The summed E-state index contributed by atoms with van der Waals surface area (Å²) in [5, 5.41) is 5.54. The third kappa shape index (κ3) is 3.34. The van der Waals surface area contributed by atoms with Gasteiger partial charge in [-0.3, -0.25) is 4.68 Å². The van der Waals surface area contributed by atoms with Crippen molar-refractivity contribution in [2.24, 2.45) is 0 Å². The lowest BCUT2D eigenvalue weighted by Crippen LogP contribution is -2.10. The molecule has 0 aliphatic carbocycles. The van der Waals surface area contributed by atoms with Crippen molar-refractivity contribution in [3.05, 3.63) is 51.3 Å². The second-order valence-electron chi connectivity index (χ2n) is 5.13. The van der Waals surface area contributed by atoms with Gasteiger partial charge in [0.05, 0.1) is 15.9 Å². The highest BCUT2D eigenvalue weighted by atomic mass is 79.9. The molecule has 0 fully saturated rings. The number of hydrogen-bond acceptors (Lipinski definition) is 1. The van der Waals surface area contributed by atoms with E-state index in [-0.39, 0.29) is 0 Å². The zero-order valence-corrected chi connectivity index (χ0v) is 15.3. The highest BCUT2D eigenvalue weighted by Gasteiger charge is 2.18. The predicted molar refractivity (Wildman–Crippen MR) is 91.8 cm³/mol. The molecule has 0 radical (unpaired) electrons. The van der Waals surface area contributed by atoms with Gasteiger partial charge in [-0.2, -0.15) is 5.10 Å². The fourth-order valence-electron chi connectivity index (χ4n) is 2.48. The summed E-state index contributed by atoms with van der Waals surface area (Å²) in [5.74, 6) is 0.465. The van der Waals surface area contributed by atoms with Crippen LogP contribution in [-0.4, -0.2) is 15.1 Å². The lowest BCUT2D eigenvalue weighted by Gasteiger charge is -2.16. The van der Waals surface area contributed by atoms with Crippen molar-refractivity contribution in [3.8, 4) is 0 Å². The maximum atomic E-state index is 4.58. The Bertz CT molecular complexity index is 590. The van der Waals surface area contributed by atoms with Crippen molar-refractivity contribution in [1.29, 1.82) is 0 Å². The first kappa shape index (κ1) is 15.8. The van der Waals surface area contributed by atoms with Gasteiger partial charge in [0.1, 0.15) is 0 Å². The summed E-state index contributed by atoms with van der Waals surface area (Å²) < 4.78 is 3.25. The normalized spacial score (nSPS) is 12.7. The van der Waals surface area contributed by atoms with E-state index in [4.69, 9.17) is 0 Å². The molecule has 108 valence electrons. The largest absolute Gasteiger partial charge is 0.268 e. The van der Waals surface area contributed by atoms with Crippen LogP contribution in [0, 0.1) is 13.8 Å². The molecule has 1 unspecified atom stereocenters. The van der Waals surface area contributed by atoms with Crippen LogP contribution in [0.3, 0.4) is 0 Å². The van der Waals surface area contributed by atoms with Gasteiger partial charge >= 0.3 is 0 Å². The van der Waals surface area contributed by atoms with E-state index in [2.05, 4.69) is 86.7 Å². The van der Waals surface area contributed by atoms with Gasteiger partial charge in [-0.05, 0) is 54.6 Å². The highest BCUT2D eigenvalue weighted by Crippen LogP contribution is 2.29. The summed E-state index contributed by atoms with van der Waals surface area (Å²) in [6.45, 7) is 7.24. The van der Waals surface area contributed by atoms with Crippen LogP contribution in [0.1, 0.15) is 35.4 Å². The maximum absolute atomic E-state index is 4.58. The Morgan fingerprint density at radius 3 is 2.65 bits per heavy atom. The summed E-state index contributed by atoms with van der Waals surface area (Å²) in [6.07, 6.45) is 0.990. The van der Waals surface area contributed by atoms with E-state index in [9.17, 15) is 0 Å². The zero-order valence-electron chi connectivity index (χ0n) is 12.2. The van der Waals surface area contributed by atoms with Crippen LogP contribution in [0.25, 0.3) is 0 Å². The first-order chi connectivity index (χ1) is 9.56. The first-order valence-corrected chi connectivity index (χ1v) is 8.82. The van der Waals surface area contributed by atoms with Crippen LogP contribution >= 0.6 is 31.9 Å². The van der Waals surface area contributed by atoms with Gasteiger partial charge in [0.15, 0.2) is 0 Å². The SMILES string of the molecule is CCn1nc(C)c(Br)c1CC(CBr)c1cccc(C)c1. The minimum absolute atomic E-state index is 0.465. The number of benzene rings is 1. The highest BCUT2D eigenvalue weighted by molar-refractivity contribution is 9.10. The number of aryl methyl sites for hydroxylation is 3. The lowest BCUT2D eigenvalue weighted by atomic mass is 9.95. The second-order valence-corrected chi connectivity index (χ2v) is 6.57. The van der Waals surface area contributed by atoms with Crippen molar-refractivity contribution in [1.82, 2.24) is 9.78 Å². The van der Waals surface area contributed by atoms with Crippen LogP contribution in [0.5, 0.6) is 0 Å². The van der Waals surface area contributed by atoms with Crippen molar-refractivity contribution < 1.29 is 0 Å².